The van der Waals surface area contributed by atoms with Crippen LogP contribution in [0, 0.1) is 72.6 Å². The van der Waals surface area contributed by atoms with Crippen molar-refractivity contribution in [1.29, 1.82) is 0 Å². The van der Waals surface area contributed by atoms with Crippen LogP contribution in [0.15, 0.2) is 118 Å². The molecule has 0 saturated heterocycles. The Hall–Kier alpha value is -8.44. The monoisotopic (exact) mass is 1330 g/mol. The average Bonchev–Trinajstić information content (AvgIpc) is 1.62. The van der Waals surface area contributed by atoms with Crippen LogP contribution >= 0.6 is 45.3 Å². The zero-order chi connectivity index (χ0) is 62.3. The summed E-state index contributed by atoms with van der Waals surface area (Å²) in [5, 5.41) is 33.3. The summed E-state index contributed by atoms with van der Waals surface area (Å²) in [6.45, 7) is 3.93. The number of hydrogen-bond acceptors (Lipinski definition) is 14. The Bertz CT molecular complexity index is 4500. The second kappa shape index (κ2) is 26.9. The number of thiophene rings is 2. The minimum atomic E-state index is -4.25. The number of rotatable bonds is 16. The number of sulfonamides is 2. The van der Waals surface area contributed by atoms with Crippen LogP contribution in [0.3, 0.4) is 0 Å². The van der Waals surface area contributed by atoms with E-state index in [-0.39, 0.29) is 50.2 Å². The maximum atomic E-state index is 14.9. The molecule has 2 aliphatic carbocycles. The van der Waals surface area contributed by atoms with Crippen molar-refractivity contribution in [1.82, 2.24) is 29.5 Å². The number of carbonyl (C=O) groups is 2. The number of hydrogen-bond donors (Lipinski definition) is 4. The maximum Gasteiger partial charge on any atom is 0.355 e. The van der Waals surface area contributed by atoms with E-state index in [1.54, 1.807) is 39.0 Å². The zero-order valence-electron chi connectivity index (χ0n) is 46.5. The second-order valence-corrected chi connectivity index (χ2v) is 28.4. The molecule has 7 N–H and O–H groups in total. The van der Waals surface area contributed by atoms with Gasteiger partial charge in [0.1, 0.15) is 38.8 Å². The average molecular weight is 1330 g/mol. The number of benzene rings is 4. The van der Waals surface area contributed by atoms with E-state index in [2.05, 4.69) is 33.6 Å². The van der Waals surface area contributed by atoms with Gasteiger partial charge in [0, 0.05) is 55.6 Å². The fraction of sp³-hybridized carbons (Fsp3) is 0.219. The van der Waals surface area contributed by atoms with Gasteiger partial charge in [-0.25, -0.2) is 68.8 Å². The number of thiazole rings is 2. The highest BCUT2D eigenvalue weighted by molar-refractivity contribution is 7.89. The SMILES string of the molecule is C.C.Cc1ccc(C#Cc2cc(-c3nn(-c4nc(C(=O)O)cs4)c(CC4CC4)c3Cc3ccc(S(N)(=O)=O)c(F)c3)ccc2F)s1.Cc1ccc(C#Cc2cc(-c3nn(-c4nc(C(N)=O)cs4)c(CC4CC4)c3Cc3ccc(S(N)(=O)=O)c(F)c3)ccc2F)s1. The summed E-state index contributed by atoms with van der Waals surface area (Å²) in [7, 11) is -8.50. The molecule has 2 fully saturated rings. The van der Waals surface area contributed by atoms with Gasteiger partial charge in [-0.05, 0) is 160 Å². The number of aromatic carboxylic acids is 1. The summed E-state index contributed by atoms with van der Waals surface area (Å²) in [6, 6.07) is 24.2. The van der Waals surface area contributed by atoms with E-state index in [1.165, 1.54) is 63.7 Å². The van der Waals surface area contributed by atoms with Crippen molar-refractivity contribution >= 4 is 77.3 Å². The lowest BCUT2D eigenvalue weighted by Crippen LogP contribution is -2.14. The molecule has 26 heteroatoms. The van der Waals surface area contributed by atoms with E-state index >= 15 is 0 Å². The largest absolute Gasteiger partial charge is 0.476 e. The van der Waals surface area contributed by atoms with Crippen molar-refractivity contribution in [3.8, 4) is 56.5 Å². The number of amides is 1. The third-order valence-corrected chi connectivity index (χ3v) is 19.7. The first kappa shape index (κ1) is 66.0. The van der Waals surface area contributed by atoms with Crippen molar-refractivity contribution in [2.75, 3.05) is 0 Å². The van der Waals surface area contributed by atoms with Gasteiger partial charge in [0.2, 0.25) is 30.3 Å². The number of carboxylic acids is 1. The van der Waals surface area contributed by atoms with E-state index in [1.807, 2.05) is 38.1 Å². The maximum absolute atomic E-state index is 14.9. The second-order valence-electron chi connectivity index (χ2n) is 21.0. The van der Waals surface area contributed by atoms with Crippen LogP contribution in [0.2, 0.25) is 0 Å². The number of aryl methyl sites for hydroxylation is 2. The Labute approximate surface area is 533 Å². The molecule has 1 amide bonds. The molecule has 12 rings (SSSR count). The van der Waals surface area contributed by atoms with E-state index in [0.29, 0.717) is 74.1 Å². The first-order chi connectivity index (χ1) is 41.9. The number of nitrogens with zero attached hydrogens (tertiary/aromatic N) is 6. The molecule has 90 heavy (non-hydrogen) atoms. The van der Waals surface area contributed by atoms with Crippen molar-refractivity contribution in [3.05, 3.63) is 207 Å². The first-order valence-electron chi connectivity index (χ1n) is 27.0. The van der Waals surface area contributed by atoms with Gasteiger partial charge in [-0.15, -0.1) is 45.3 Å². The third-order valence-electron chi connectivity index (χ3n) is 14.3. The lowest BCUT2D eigenvalue weighted by Gasteiger charge is -2.10. The lowest BCUT2D eigenvalue weighted by molar-refractivity contribution is 0.0691. The van der Waals surface area contributed by atoms with Gasteiger partial charge in [-0.3, -0.25) is 4.79 Å². The number of nitrogens with two attached hydrogens (primary N) is 3. The van der Waals surface area contributed by atoms with Gasteiger partial charge in [0.05, 0.1) is 43.7 Å². The predicted molar refractivity (Wildman–Crippen MR) is 342 cm³/mol. The van der Waals surface area contributed by atoms with Crippen LogP contribution in [0.1, 0.15) is 126 Å². The summed E-state index contributed by atoms with van der Waals surface area (Å²) in [6.07, 6.45) is 5.65. The molecule has 0 unspecified atom stereocenters. The van der Waals surface area contributed by atoms with Crippen molar-refractivity contribution in [2.24, 2.45) is 27.8 Å². The normalized spacial score (nSPS) is 12.8. The molecule has 0 aliphatic heterocycles. The van der Waals surface area contributed by atoms with Crippen LogP contribution in [-0.4, -0.2) is 63.3 Å². The molecule has 0 radical (unpaired) electrons. The quantitative estimate of drug-likeness (QED) is 0.0522. The molecule has 4 aromatic carbocycles. The Morgan fingerprint density at radius 3 is 1.32 bits per heavy atom. The van der Waals surface area contributed by atoms with Gasteiger partial charge in [0.25, 0.3) is 5.91 Å². The van der Waals surface area contributed by atoms with E-state index < -0.39 is 65.0 Å². The van der Waals surface area contributed by atoms with Crippen molar-refractivity contribution < 1.29 is 49.1 Å². The van der Waals surface area contributed by atoms with E-state index in [0.717, 1.165) is 97.7 Å². The van der Waals surface area contributed by atoms with Crippen LogP contribution in [-0.2, 0) is 45.7 Å². The topological polar surface area (TPSA) is 262 Å². The molecule has 6 heterocycles. The third kappa shape index (κ3) is 15.2. The number of aromatic nitrogens is 6. The number of carbonyl (C=O) groups excluding carboxylic acids is 1. The summed E-state index contributed by atoms with van der Waals surface area (Å²) in [4.78, 5) is 34.7. The van der Waals surface area contributed by atoms with Crippen LogP contribution in [0.5, 0.6) is 0 Å². The number of primary sulfonamides is 2. The molecule has 0 atom stereocenters. The molecule has 0 spiro atoms. The van der Waals surface area contributed by atoms with Crippen LogP contribution < -0.4 is 16.0 Å². The van der Waals surface area contributed by atoms with Gasteiger partial charge in [-0.1, -0.05) is 50.7 Å². The molecule has 16 nitrogen and oxygen atoms in total. The summed E-state index contributed by atoms with van der Waals surface area (Å²) in [5.41, 5.74) is 11.9. The minimum absolute atomic E-state index is 0. The van der Waals surface area contributed by atoms with Crippen LogP contribution in [0.25, 0.3) is 32.8 Å². The first-order valence-corrected chi connectivity index (χ1v) is 33.5. The zero-order valence-corrected chi connectivity index (χ0v) is 51.4. The highest BCUT2D eigenvalue weighted by Gasteiger charge is 2.32. The molecule has 2 saturated carbocycles. The molecule has 10 aromatic rings. The fourth-order valence-electron chi connectivity index (χ4n) is 9.64. The van der Waals surface area contributed by atoms with Gasteiger partial charge in [0.15, 0.2) is 5.69 Å². The highest BCUT2D eigenvalue weighted by Crippen LogP contribution is 2.41. The Morgan fingerprint density at radius 1 is 0.578 bits per heavy atom. The van der Waals surface area contributed by atoms with Crippen molar-refractivity contribution in [2.45, 2.75) is 89.9 Å². The fourth-order valence-corrected chi connectivity index (χ4v) is 13.8. The minimum Gasteiger partial charge on any atom is -0.476 e. The Balaban J connectivity index is 0.000000209. The lowest BCUT2D eigenvalue weighted by atomic mass is 9.96. The Morgan fingerprint density at radius 2 is 0.989 bits per heavy atom. The molecular weight excluding hydrogens is 1280 g/mol. The van der Waals surface area contributed by atoms with E-state index in [9.17, 15) is 49.1 Å². The van der Waals surface area contributed by atoms with E-state index in [4.69, 9.17) is 26.2 Å². The number of carboxylic acid groups (broad SMARTS) is 1. The standard InChI is InChI=1S/C31H25F2N5O3S3.C31H24F2N4O4S3.2CH4/c1-17-2-8-22(43-17)9-6-20-15-21(7-10-24(20)32)29-23(12-19-5-11-28(25(33)13-19)44(35,40)41)27(14-18-3-4-18)38(37-29)31-36-26(16-42-31)30(34)39;1-17-2-8-22(43-17)9-6-20-15-21(7-10-24(20)32)29-23(12-19-5-11-28(25(33)13-19)44(34,40)41)27(14-18-3-4-18)37(36-29)31-35-26(16-42-31)30(38)39;;/h2,5,7-8,10-11,13,15-16,18H,3-4,12,14H2,1H3,(H2,34,39)(H2,35,40,41);2,5,7-8,10-11,13,15-16,18H,3-4,12,14H2,1H3,(H,38,39)(H2,34,40,41);2*1H4. The summed E-state index contributed by atoms with van der Waals surface area (Å²) >= 11 is 5.34. The molecule has 2 aliphatic rings. The molecule has 464 valence electrons. The molecule has 6 aromatic heterocycles. The smallest absolute Gasteiger partial charge is 0.355 e. The highest BCUT2D eigenvalue weighted by atomic mass is 32.2. The number of primary amides is 1. The van der Waals surface area contributed by atoms with Gasteiger partial charge in [-0.2, -0.15) is 10.2 Å². The number of halogens is 4. The molecule has 0 bridgehead atoms. The van der Waals surface area contributed by atoms with Crippen molar-refractivity contribution in [3.63, 3.8) is 0 Å². The Kier molecular flexibility index (Phi) is 19.8. The van der Waals surface area contributed by atoms with Gasteiger partial charge < -0.3 is 10.8 Å². The summed E-state index contributed by atoms with van der Waals surface area (Å²) < 4.78 is 110. The molecular formula is C64H57F4N9O7S6. The predicted octanol–water partition coefficient (Wildman–Crippen LogP) is 12.5. The van der Waals surface area contributed by atoms with Crippen LogP contribution in [0.4, 0.5) is 17.6 Å². The van der Waals surface area contributed by atoms with Gasteiger partial charge >= 0.3 is 5.97 Å². The summed E-state index contributed by atoms with van der Waals surface area (Å²) in [5.74, 6) is 7.89.